The van der Waals surface area contributed by atoms with Gasteiger partial charge in [-0.25, -0.2) is 17.4 Å². The fourth-order valence-corrected chi connectivity index (χ4v) is 4.67. The van der Waals surface area contributed by atoms with Crippen LogP contribution in [-0.4, -0.2) is 53.7 Å². The van der Waals surface area contributed by atoms with E-state index in [4.69, 9.17) is 0 Å². The Morgan fingerprint density at radius 3 is 2.15 bits per heavy atom. The van der Waals surface area contributed by atoms with Crippen molar-refractivity contribution in [2.75, 3.05) is 19.3 Å². The number of hydrogen-bond donors (Lipinski definition) is 2. The van der Waals surface area contributed by atoms with E-state index in [0.29, 0.717) is 24.1 Å². The Bertz CT molecular complexity index is 1230. The maximum absolute atomic E-state index is 13.0. The molecule has 0 saturated carbocycles. The van der Waals surface area contributed by atoms with Gasteiger partial charge < -0.3 is 0 Å². The first-order valence-electron chi connectivity index (χ1n) is 10.6. The van der Waals surface area contributed by atoms with Gasteiger partial charge in [0, 0.05) is 30.8 Å². The molecule has 0 atom stereocenters. The molecule has 1 aliphatic heterocycles. The van der Waals surface area contributed by atoms with Crippen LogP contribution in [0.1, 0.15) is 23.2 Å². The molecule has 1 aliphatic rings. The first-order valence-corrected chi connectivity index (χ1v) is 12.4. The maximum atomic E-state index is 13.0. The number of para-hydroxylation sites is 1. The molecular weight excluding hydrogens is 442 g/mol. The van der Waals surface area contributed by atoms with Gasteiger partial charge in [0.25, 0.3) is 5.91 Å². The van der Waals surface area contributed by atoms with Crippen molar-refractivity contribution < 1.29 is 18.0 Å². The molecule has 33 heavy (non-hydrogen) atoms. The fourth-order valence-electron chi connectivity index (χ4n) is 3.80. The molecule has 2 heterocycles. The summed E-state index contributed by atoms with van der Waals surface area (Å²) >= 11 is 0. The lowest BCUT2D eigenvalue weighted by Crippen LogP contribution is -2.48. The number of nitrogens with zero attached hydrogens (tertiary/aromatic N) is 3. The lowest BCUT2D eigenvalue weighted by molar-refractivity contribution is -0.126. The number of rotatable bonds is 5. The van der Waals surface area contributed by atoms with Gasteiger partial charge in [-0.15, -0.1) is 0 Å². The lowest BCUT2D eigenvalue weighted by atomic mass is 9.98. The van der Waals surface area contributed by atoms with Gasteiger partial charge in [-0.3, -0.25) is 20.4 Å². The number of nitrogens with one attached hydrogen (secondary N) is 2. The number of hydrazine groups is 1. The number of amides is 2. The Kier molecular flexibility index (Phi) is 6.57. The van der Waals surface area contributed by atoms with Crippen molar-refractivity contribution in [2.24, 2.45) is 5.92 Å². The second-order valence-corrected chi connectivity index (χ2v) is 9.90. The summed E-state index contributed by atoms with van der Waals surface area (Å²) in [6, 6.07) is 18.8. The molecular formula is C23H25N5O4S. The van der Waals surface area contributed by atoms with E-state index in [2.05, 4.69) is 16.0 Å². The van der Waals surface area contributed by atoms with Crippen LogP contribution in [0.15, 0.2) is 66.9 Å². The SMILES string of the molecule is CS(=O)(=O)N1CCC(C(=O)NNC(=O)c2cn(-c3ccccc3)nc2-c2ccccc2)CC1. The zero-order valence-electron chi connectivity index (χ0n) is 18.1. The minimum atomic E-state index is -3.27. The zero-order valence-corrected chi connectivity index (χ0v) is 19.0. The van der Waals surface area contributed by atoms with Crippen molar-refractivity contribution in [1.29, 1.82) is 0 Å². The van der Waals surface area contributed by atoms with E-state index in [-0.39, 0.29) is 24.9 Å². The molecule has 172 valence electrons. The van der Waals surface area contributed by atoms with E-state index >= 15 is 0 Å². The van der Waals surface area contributed by atoms with Crippen LogP contribution in [0, 0.1) is 5.92 Å². The Balaban J connectivity index is 1.48. The van der Waals surface area contributed by atoms with Gasteiger partial charge in [0.05, 0.1) is 17.5 Å². The minimum absolute atomic E-state index is 0.285. The number of carbonyl (C=O) groups is 2. The summed E-state index contributed by atoms with van der Waals surface area (Å²) in [4.78, 5) is 25.5. The van der Waals surface area contributed by atoms with Crippen LogP contribution in [0.5, 0.6) is 0 Å². The molecule has 2 amide bonds. The van der Waals surface area contributed by atoms with E-state index in [1.165, 1.54) is 4.31 Å². The van der Waals surface area contributed by atoms with Gasteiger partial charge >= 0.3 is 0 Å². The number of sulfonamides is 1. The van der Waals surface area contributed by atoms with Crippen LogP contribution >= 0.6 is 0 Å². The Morgan fingerprint density at radius 2 is 1.55 bits per heavy atom. The van der Waals surface area contributed by atoms with Crippen LogP contribution in [0.2, 0.25) is 0 Å². The molecule has 0 spiro atoms. The molecule has 0 unspecified atom stereocenters. The maximum Gasteiger partial charge on any atom is 0.273 e. The third-order valence-electron chi connectivity index (χ3n) is 5.62. The summed E-state index contributed by atoms with van der Waals surface area (Å²) in [6.07, 6.45) is 3.59. The summed E-state index contributed by atoms with van der Waals surface area (Å²) in [5.74, 6) is -1.20. The topological polar surface area (TPSA) is 113 Å². The van der Waals surface area contributed by atoms with Gasteiger partial charge in [-0.1, -0.05) is 48.5 Å². The largest absolute Gasteiger partial charge is 0.273 e. The highest BCUT2D eigenvalue weighted by molar-refractivity contribution is 7.88. The first kappa shape index (κ1) is 22.7. The van der Waals surface area contributed by atoms with Gasteiger partial charge in [0.1, 0.15) is 5.69 Å². The number of hydrogen-bond acceptors (Lipinski definition) is 5. The van der Waals surface area contributed by atoms with Crippen molar-refractivity contribution in [3.63, 3.8) is 0 Å². The van der Waals surface area contributed by atoms with Gasteiger partial charge in [-0.2, -0.15) is 5.10 Å². The van der Waals surface area contributed by atoms with Gasteiger partial charge in [0.15, 0.2) is 0 Å². The standard InChI is InChI=1S/C23H25N5O4S/c1-33(31,32)27-14-12-18(13-15-27)22(29)24-25-23(30)20-16-28(19-10-6-3-7-11-19)26-21(20)17-8-4-2-5-9-17/h2-11,16,18H,12-15H2,1H3,(H,24,29)(H,25,30). The van der Waals surface area contributed by atoms with Crippen LogP contribution in [0.3, 0.4) is 0 Å². The molecule has 1 aromatic heterocycles. The number of aromatic nitrogens is 2. The van der Waals surface area contributed by atoms with Gasteiger partial charge in [-0.05, 0) is 25.0 Å². The summed E-state index contributed by atoms with van der Waals surface area (Å²) in [6.45, 7) is 0.569. The summed E-state index contributed by atoms with van der Waals surface area (Å²) in [5.41, 5.74) is 7.36. The van der Waals surface area contributed by atoms with Crippen LogP contribution in [-0.2, 0) is 14.8 Å². The second-order valence-electron chi connectivity index (χ2n) is 7.92. The van der Waals surface area contributed by atoms with Crippen LogP contribution in [0.4, 0.5) is 0 Å². The van der Waals surface area contributed by atoms with Crippen molar-refractivity contribution in [1.82, 2.24) is 24.9 Å². The van der Waals surface area contributed by atoms with Crippen molar-refractivity contribution in [3.8, 4) is 16.9 Å². The molecule has 2 N–H and O–H groups in total. The Labute approximate surface area is 192 Å². The number of piperidine rings is 1. The van der Waals surface area contributed by atoms with Crippen LogP contribution < -0.4 is 10.9 Å². The average molecular weight is 468 g/mol. The molecule has 2 aromatic carbocycles. The first-order chi connectivity index (χ1) is 15.8. The van der Waals surface area contributed by atoms with Crippen molar-refractivity contribution in [3.05, 3.63) is 72.4 Å². The van der Waals surface area contributed by atoms with Crippen molar-refractivity contribution in [2.45, 2.75) is 12.8 Å². The third kappa shape index (κ3) is 5.29. The predicted molar refractivity (Wildman–Crippen MR) is 124 cm³/mol. The quantitative estimate of drug-likeness (QED) is 0.557. The number of carbonyl (C=O) groups excluding carboxylic acids is 2. The molecule has 1 fully saturated rings. The fraction of sp³-hybridized carbons (Fsp3) is 0.261. The smallest absolute Gasteiger partial charge is 0.273 e. The van der Waals surface area contributed by atoms with E-state index in [9.17, 15) is 18.0 Å². The molecule has 9 nitrogen and oxygen atoms in total. The minimum Gasteiger partial charge on any atom is -0.273 e. The second kappa shape index (κ2) is 9.55. The third-order valence-corrected chi connectivity index (χ3v) is 6.92. The van der Waals surface area contributed by atoms with Crippen molar-refractivity contribution >= 4 is 21.8 Å². The van der Waals surface area contributed by atoms with Gasteiger partial charge in [0.2, 0.25) is 15.9 Å². The molecule has 3 aromatic rings. The molecule has 0 aliphatic carbocycles. The Hall–Kier alpha value is -3.50. The molecule has 0 radical (unpaired) electrons. The highest BCUT2D eigenvalue weighted by Crippen LogP contribution is 2.24. The highest BCUT2D eigenvalue weighted by atomic mass is 32.2. The molecule has 1 saturated heterocycles. The monoisotopic (exact) mass is 467 g/mol. The normalized spacial score (nSPS) is 15.2. The van der Waals surface area contributed by atoms with E-state index in [1.54, 1.807) is 10.9 Å². The average Bonchev–Trinajstić information content (AvgIpc) is 3.29. The van der Waals surface area contributed by atoms with Crippen LogP contribution in [0.25, 0.3) is 16.9 Å². The number of benzene rings is 2. The summed E-state index contributed by atoms with van der Waals surface area (Å²) in [7, 11) is -3.27. The highest BCUT2D eigenvalue weighted by Gasteiger charge is 2.29. The molecule has 0 bridgehead atoms. The van der Waals surface area contributed by atoms with E-state index < -0.39 is 15.9 Å². The summed E-state index contributed by atoms with van der Waals surface area (Å²) < 4.78 is 26.3. The zero-order chi connectivity index (χ0) is 23.4. The van der Waals surface area contributed by atoms with E-state index in [0.717, 1.165) is 17.5 Å². The lowest BCUT2D eigenvalue weighted by Gasteiger charge is -2.29. The molecule has 10 heteroatoms. The molecule has 4 rings (SSSR count). The predicted octanol–water partition coefficient (Wildman–Crippen LogP) is 1.97. The van der Waals surface area contributed by atoms with E-state index in [1.807, 2.05) is 60.7 Å². The Morgan fingerprint density at radius 1 is 0.939 bits per heavy atom. The summed E-state index contributed by atoms with van der Waals surface area (Å²) in [5, 5.41) is 4.60.